The van der Waals surface area contributed by atoms with E-state index >= 15 is 0 Å². The number of carbonyl (C=O) groups is 1. The van der Waals surface area contributed by atoms with Gasteiger partial charge < -0.3 is 9.84 Å². The number of rotatable bonds is 5. The van der Waals surface area contributed by atoms with E-state index in [-0.39, 0.29) is 12.5 Å². The third kappa shape index (κ3) is 3.85. The second kappa shape index (κ2) is 6.05. The lowest BCUT2D eigenvalue weighted by molar-refractivity contribution is -0.136. The van der Waals surface area contributed by atoms with Gasteiger partial charge in [0.2, 0.25) is 0 Å². The summed E-state index contributed by atoms with van der Waals surface area (Å²) in [6.07, 6.45) is 0.000603. The molecule has 2 aromatic carbocycles. The van der Waals surface area contributed by atoms with Crippen LogP contribution in [-0.4, -0.2) is 11.1 Å². The lowest BCUT2D eigenvalue weighted by Gasteiger charge is -2.15. The standard InChI is InChI=1S/C16H16O3/c1-12(14-5-3-2-4-6-14)19-15-9-7-13(8-10-15)11-16(17)18/h2-10,12H,11H2,1H3,(H,17,18). The van der Waals surface area contributed by atoms with Crippen LogP contribution in [0.4, 0.5) is 0 Å². The van der Waals surface area contributed by atoms with Gasteiger partial charge >= 0.3 is 5.97 Å². The van der Waals surface area contributed by atoms with Gasteiger partial charge in [0.1, 0.15) is 11.9 Å². The van der Waals surface area contributed by atoms with Crippen LogP contribution in [0.3, 0.4) is 0 Å². The van der Waals surface area contributed by atoms with Crippen molar-refractivity contribution in [3.05, 3.63) is 65.7 Å². The molecule has 0 amide bonds. The van der Waals surface area contributed by atoms with Crippen LogP contribution in [0.25, 0.3) is 0 Å². The van der Waals surface area contributed by atoms with Crippen LogP contribution < -0.4 is 4.74 Å². The van der Waals surface area contributed by atoms with Gasteiger partial charge in [0.05, 0.1) is 6.42 Å². The summed E-state index contributed by atoms with van der Waals surface area (Å²) in [4.78, 5) is 10.6. The van der Waals surface area contributed by atoms with E-state index in [1.807, 2.05) is 37.3 Å². The maximum atomic E-state index is 10.6. The number of benzene rings is 2. The van der Waals surface area contributed by atoms with Crippen molar-refractivity contribution < 1.29 is 14.6 Å². The molecule has 2 rings (SSSR count). The Morgan fingerprint density at radius 2 is 1.74 bits per heavy atom. The number of ether oxygens (including phenoxy) is 1. The molecule has 1 atom stereocenters. The molecule has 98 valence electrons. The van der Waals surface area contributed by atoms with Gasteiger partial charge in [0.15, 0.2) is 0 Å². The van der Waals surface area contributed by atoms with Gasteiger partial charge in [-0.05, 0) is 30.2 Å². The van der Waals surface area contributed by atoms with Crippen LogP contribution >= 0.6 is 0 Å². The van der Waals surface area contributed by atoms with Crippen LogP contribution in [0.5, 0.6) is 5.75 Å². The zero-order valence-electron chi connectivity index (χ0n) is 10.7. The van der Waals surface area contributed by atoms with Crippen molar-refractivity contribution in [1.82, 2.24) is 0 Å². The van der Waals surface area contributed by atoms with Crippen molar-refractivity contribution in [1.29, 1.82) is 0 Å². The summed E-state index contributed by atoms with van der Waals surface area (Å²) < 4.78 is 5.81. The Labute approximate surface area is 112 Å². The fraction of sp³-hybridized carbons (Fsp3) is 0.188. The molecule has 0 aromatic heterocycles. The van der Waals surface area contributed by atoms with Crippen LogP contribution in [0.15, 0.2) is 54.6 Å². The van der Waals surface area contributed by atoms with Crippen LogP contribution in [0.1, 0.15) is 24.2 Å². The Kier molecular flexibility index (Phi) is 4.18. The van der Waals surface area contributed by atoms with Gasteiger partial charge in [-0.3, -0.25) is 4.79 Å². The Morgan fingerprint density at radius 1 is 1.11 bits per heavy atom. The van der Waals surface area contributed by atoms with Gasteiger partial charge in [-0.1, -0.05) is 42.5 Å². The molecule has 0 saturated carbocycles. The van der Waals surface area contributed by atoms with Gasteiger partial charge in [0.25, 0.3) is 0 Å². The first-order chi connectivity index (χ1) is 9.15. The summed E-state index contributed by atoms with van der Waals surface area (Å²) in [5.74, 6) is -0.0863. The summed E-state index contributed by atoms with van der Waals surface area (Å²) >= 11 is 0. The van der Waals surface area contributed by atoms with Crippen molar-refractivity contribution in [3.63, 3.8) is 0 Å². The smallest absolute Gasteiger partial charge is 0.307 e. The minimum atomic E-state index is -0.827. The number of carboxylic acids is 1. The summed E-state index contributed by atoms with van der Waals surface area (Å²) in [7, 11) is 0. The molecule has 0 aliphatic carbocycles. The highest BCUT2D eigenvalue weighted by Gasteiger charge is 2.07. The highest BCUT2D eigenvalue weighted by atomic mass is 16.5. The molecule has 0 fully saturated rings. The molecule has 0 radical (unpaired) electrons. The minimum absolute atomic E-state index is 0.0356. The lowest BCUT2D eigenvalue weighted by atomic mass is 10.1. The fourth-order valence-electron chi connectivity index (χ4n) is 1.86. The molecule has 19 heavy (non-hydrogen) atoms. The van der Waals surface area contributed by atoms with Crippen molar-refractivity contribution in [3.8, 4) is 5.75 Å². The summed E-state index contributed by atoms with van der Waals surface area (Å²) in [6, 6.07) is 17.1. The van der Waals surface area contributed by atoms with Crippen molar-refractivity contribution in [2.24, 2.45) is 0 Å². The van der Waals surface area contributed by atoms with E-state index in [1.165, 1.54) is 0 Å². The van der Waals surface area contributed by atoms with Crippen molar-refractivity contribution in [2.45, 2.75) is 19.4 Å². The molecule has 3 nitrogen and oxygen atoms in total. The Balaban J connectivity index is 2.01. The average Bonchev–Trinajstić information content (AvgIpc) is 2.41. The molecule has 2 aromatic rings. The summed E-state index contributed by atoms with van der Waals surface area (Å²) in [5.41, 5.74) is 1.88. The number of hydrogen-bond donors (Lipinski definition) is 1. The Morgan fingerprint density at radius 3 is 2.32 bits per heavy atom. The Hall–Kier alpha value is -2.29. The first kappa shape index (κ1) is 13.1. The second-order valence-corrected chi connectivity index (χ2v) is 4.39. The molecule has 0 spiro atoms. The zero-order valence-corrected chi connectivity index (χ0v) is 10.7. The molecule has 0 heterocycles. The molecule has 0 saturated heterocycles. The molecule has 1 N–H and O–H groups in total. The van der Waals surface area contributed by atoms with Crippen LogP contribution in [-0.2, 0) is 11.2 Å². The van der Waals surface area contributed by atoms with E-state index in [9.17, 15) is 4.79 Å². The third-order valence-electron chi connectivity index (χ3n) is 2.86. The number of aliphatic carboxylic acids is 1. The van der Waals surface area contributed by atoms with E-state index in [0.29, 0.717) is 0 Å². The monoisotopic (exact) mass is 256 g/mol. The van der Waals surface area contributed by atoms with Gasteiger partial charge in [0, 0.05) is 0 Å². The summed E-state index contributed by atoms with van der Waals surface area (Å²) in [6.45, 7) is 1.99. The fourth-order valence-corrected chi connectivity index (χ4v) is 1.86. The average molecular weight is 256 g/mol. The van der Waals surface area contributed by atoms with E-state index in [2.05, 4.69) is 0 Å². The minimum Gasteiger partial charge on any atom is -0.486 e. The van der Waals surface area contributed by atoms with Crippen LogP contribution in [0.2, 0.25) is 0 Å². The van der Waals surface area contributed by atoms with E-state index in [0.717, 1.165) is 16.9 Å². The van der Waals surface area contributed by atoms with Crippen molar-refractivity contribution >= 4 is 5.97 Å². The maximum absolute atomic E-state index is 10.6. The van der Waals surface area contributed by atoms with Crippen molar-refractivity contribution in [2.75, 3.05) is 0 Å². The topological polar surface area (TPSA) is 46.5 Å². The molecule has 1 unspecified atom stereocenters. The summed E-state index contributed by atoms with van der Waals surface area (Å²) in [5, 5.41) is 8.70. The molecule has 0 aliphatic heterocycles. The highest BCUT2D eigenvalue weighted by molar-refractivity contribution is 5.70. The first-order valence-corrected chi connectivity index (χ1v) is 6.17. The molecule has 0 bridgehead atoms. The number of hydrogen-bond acceptors (Lipinski definition) is 2. The van der Waals surface area contributed by atoms with Gasteiger partial charge in [-0.25, -0.2) is 0 Å². The van der Waals surface area contributed by atoms with E-state index in [4.69, 9.17) is 9.84 Å². The third-order valence-corrected chi connectivity index (χ3v) is 2.86. The van der Waals surface area contributed by atoms with Gasteiger partial charge in [-0.15, -0.1) is 0 Å². The Bertz CT molecular complexity index is 532. The van der Waals surface area contributed by atoms with E-state index < -0.39 is 5.97 Å². The lowest BCUT2D eigenvalue weighted by Crippen LogP contribution is -2.03. The van der Waals surface area contributed by atoms with Crippen LogP contribution in [0, 0.1) is 0 Å². The largest absolute Gasteiger partial charge is 0.486 e. The second-order valence-electron chi connectivity index (χ2n) is 4.39. The highest BCUT2D eigenvalue weighted by Crippen LogP contribution is 2.21. The maximum Gasteiger partial charge on any atom is 0.307 e. The predicted molar refractivity (Wildman–Crippen MR) is 73.3 cm³/mol. The SMILES string of the molecule is CC(Oc1ccc(CC(=O)O)cc1)c1ccccc1. The molecular formula is C16H16O3. The molecule has 0 aliphatic rings. The van der Waals surface area contributed by atoms with Gasteiger partial charge in [-0.2, -0.15) is 0 Å². The number of carboxylic acid groups (broad SMARTS) is 1. The van der Waals surface area contributed by atoms with E-state index in [1.54, 1.807) is 24.3 Å². The quantitative estimate of drug-likeness (QED) is 0.891. The molecular weight excluding hydrogens is 240 g/mol. The zero-order chi connectivity index (χ0) is 13.7. The molecule has 3 heteroatoms. The predicted octanol–water partition coefficient (Wildman–Crippen LogP) is 3.45. The first-order valence-electron chi connectivity index (χ1n) is 6.17. The normalized spacial score (nSPS) is 11.8.